The van der Waals surface area contributed by atoms with E-state index >= 15 is 0 Å². The fourth-order valence-corrected chi connectivity index (χ4v) is 2.84. The largest absolute Gasteiger partial charge is 0.354 e. The first-order chi connectivity index (χ1) is 9.42. The van der Waals surface area contributed by atoms with Gasteiger partial charge in [0.15, 0.2) is 5.82 Å². The van der Waals surface area contributed by atoms with E-state index in [1.165, 1.54) is 24.8 Å². The molecule has 1 atom stereocenters. The third-order valence-electron chi connectivity index (χ3n) is 4.18. The molecule has 0 spiro atoms. The van der Waals surface area contributed by atoms with Crippen molar-refractivity contribution in [3.63, 3.8) is 0 Å². The number of pyridine rings is 1. The first-order valence-corrected chi connectivity index (χ1v) is 7.02. The molecule has 1 unspecified atom stereocenters. The van der Waals surface area contributed by atoms with Gasteiger partial charge in [-0.1, -0.05) is 12.5 Å². The molecule has 1 aliphatic heterocycles. The summed E-state index contributed by atoms with van der Waals surface area (Å²) < 4.78 is 2.05. The van der Waals surface area contributed by atoms with Gasteiger partial charge in [0.1, 0.15) is 0 Å². The lowest BCUT2D eigenvalue weighted by molar-refractivity contribution is 0.393. The van der Waals surface area contributed by atoms with E-state index in [9.17, 15) is 0 Å². The highest BCUT2D eigenvalue weighted by molar-refractivity contribution is 5.32. The number of rotatable bonds is 2. The van der Waals surface area contributed by atoms with Gasteiger partial charge in [-0.15, -0.1) is 0 Å². The van der Waals surface area contributed by atoms with Gasteiger partial charge < -0.3 is 5.32 Å². The van der Waals surface area contributed by atoms with Crippen LogP contribution in [0.1, 0.15) is 49.0 Å². The summed E-state index contributed by atoms with van der Waals surface area (Å²) in [6.45, 7) is 0.947. The van der Waals surface area contributed by atoms with E-state index in [0.29, 0.717) is 5.92 Å². The van der Waals surface area contributed by atoms with Crippen LogP contribution in [-0.2, 0) is 0 Å². The summed E-state index contributed by atoms with van der Waals surface area (Å²) in [5.74, 6) is 2.51. The summed E-state index contributed by atoms with van der Waals surface area (Å²) >= 11 is 0. The van der Waals surface area contributed by atoms with Crippen molar-refractivity contribution >= 4 is 5.95 Å². The van der Waals surface area contributed by atoms with Crippen LogP contribution in [0.25, 0.3) is 0 Å². The Morgan fingerprint density at radius 2 is 2.21 bits per heavy atom. The summed E-state index contributed by atoms with van der Waals surface area (Å²) in [5, 5.41) is 8.10. The Bertz CT molecular complexity index is 573. The lowest BCUT2D eigenvalue weighted by Gasteiger charge is -2.24. The number of fused-ring (bicyclic) bond motifs is 1. The Hall–Kier alpha value is -1.91. The monoisotopic (exact) mass is 255 g/mol. The minimum Gasteiger partial charge on any atom is -0.354 e. The molecule has 1 saturated carbocycles. The number of nitrogens with zero attached hydrogens (tertiary/aromatic N) is 4. The quantitative estimate of drug-likeness (QED) is 0.895. The fourth-order valence-electron chi connectivity index (χ4n) is 2.84. The number of hydrogen-bond acceptors (Lipinski definition) is 4. The SMILES string of the molecule is c1cncc(C2CCNc3nc(C4CCC4)nn32)c1. The highest BCUT2D eigenvalue weighted by Crippen LogP contribution is 2.36. The van der Waals surface area contributed by atoms with Gasteiger partial charge in [-0.25, -0.2) is 4.68 Å². The molecule has 0 bridgehead atoms. The summed E-state index contributed by atoms with van der Waals surface area (Å²) in [6.07, 6.45) is 8.57. The fraction of sp³-hybridized carbons (Fsp3) is 0.500. The average Bonchev–Trinajstić information content (AvgIpc) is 2.80. The molecule has 1 N–H and O–H groups in total. The van der Waals surface area contributed by atoms with Gasteiger partial charge in [-0.2, -0.15) is 10.1 Å². The van der Waals surface area contributed by atoms with Gasteiger partial charge in [0.25, 0.3) is 0 Å². The van der Waals surface area contributed by atoms with Gasteiger partial charge in [0, 0.05) is 24.9 Å². The van der Waals surface area contributed by atoms with Gasteiger partial charge in [0.05, 0.1) is 6.04 Å². The van der Waals surface area contributed by atoms with Crippen molar-refractivity contribution in [1.82, 2.24) is 19.7 Å². The molecule has 0 amide bonds. The molecule has 1 aliphatic carbocycles. The molecule has 2 aromatic rings. The van der Waals surface area contributed by atoms with Gasteiger partial charge in [-0.05, 0) is 30.9 Å². The second kappa shape index (κ2) is 4.33. The molecular weight excluding hydrogens is 238 g/mol. The molecule has 2 aromatic heterocycles. The van der Waals surface area contributed by atoms with Crippen molar-refractivity contribution in [1.29, 1.82) is 0 Å². The minimum atomic E-state index is 0.270. The first kappa shape index (κ1) is 11.0. The van der Waals surface area contributed by atoms with Crippen LogP contribution in [0.5, 0.6) is 0 Å². The lowest BCUT2D eigenvalue weighted by atomic mass is 9.85. The normalized spacial score (nSPS) is 22.4. The van der Waals surface area contributed by atoms with Gasteiger partial charge in [0.2, 0.25) is 5.95 Å². The first-order valence-electron chi connectivity index (χ1n) is 7.02. The molecule has 2 aliphatic rings. The highest BCUT2D eigenvalue weighted by Gasteiger charge is 2.29. The molecule has 5 nitrogen and oxygen atoms in total. The summed E-state index contributed by atoms with van der Waals surface area (Å²) in [4.78, 5) is 8.89. The second-order valence-corrected chi connectivity index (χ2v) is 5.38. The minimum absolute atomic E-state index is 0.270. The lowest BCUT2D eigenvalue weighted by Crippen LogP contribution is -2.24. The van der Waals surface area contributed by atoms with Crippen molar-refractivity contribution in [2.24, 2.45) is 0 Å². The summed E-state index contributed by atoms with van der Waals surface area (Å²) in [5.41, 5.74) is 1.22. The van der Waals surface area contributed by atoms with E-state index in [-0.39, 0.29) is 6.04 Å². The smallest absolute Gasteiger partial charge is 0.221 e. The molecule has 1 fully saturated rings. The van der Waals surface area contributed by atoms with Crippen LogP contribution in [0.4, 0.5) is 5.95 Å². The van der Waals surface area contributed by atoms with Crippen molar-refractivity contribution < 1.29 is 0 Å². The van der Waals surface area contributed by atoms with Crippen molar-refractivity contribution in [3.05, 3.63) is 35.9 Å². The molecule has 98 valence electrons. The van der Waals surface area contributed by atoms with E-state index in [0.717, 1.165) is 24.7 Å². The van der Waals surface area contributed by atoms with Crippen molar-refractivity contribution in [2.75, 3.05) is 11.9 Å². The number of anilines is 1. The number of nitrogens with one attached hydrogen (secondary N) is 1. The molecule has 5 heteroatoms. The predicted molar refractivity (Wildman–Crippen MR) is 72.1 cm³/mol. The number of hydrogen-bond donors (Lipinski definition) is 1. The zero-order chi connectivity index (χ0) is 12.7. The Morgan fingerprint density at radius 3 is 2.95 bits per heavy atom. The van der Waals surface area contributed by atoms with Crippen LogP contribution < -0.4 is 5.32 Å². The summed E-state index contributed by atoms with van der Waals surface area (Å²) in [7, 11) is 0. The average molecular weight is 255 g/mol. The van der Waals surface area contributed by atoms with Gasteiger partial charge in [-0.3, -0.25) is 4.98 Å². The highest BCUT2D eigenvalue weighted by atomic mass is 15.4. The maximum atomic E-state index is 4.75. The Labute approximate surface area is 112 Å². The van der Waals surface area contributed by atoms with Crippen LogP contribution in [-0.4, -0.2) is 26.3 Å². The summed E-state index contributed by atoms with van der Waals surface area (Å²) in [6, 6.07) is 4.38. The molecular formula is C14H17N5. The third kappa shape index (κ3) is 1.80. The maximum Gasteiger partial charge on any atom is 0.221 e. The van der Waals surface area contributed by atoms with Crippen LogP contribution >= 0.6 is 0 Å². The Kier molecular flexibility index (Phi) is 2.50. The molecule has 0 radical (unpaired) electrons. The third-order valence-corrected chi connectivity index (χ3v) is 4.18. The molecule has 19 heavy (non-hydrogen) atoms. The maximum absolute atomic E-state index is 4.75. The van der Waals surface area contributed by atoms with Gasteiger partial charge >= 0.3 is 0 Å². The predicted octanol–water partition coefficient (Wildman–Crippen LogP) is 2.35. The zero-order valence-corrected chi connectivity index (χ0v) is 10.8. The topological polar surface area (TPSA) is 55.6 Å². The van der Waals surface area contributed by atoms with E-state index in [4.69, 9.17) is 5.10 Å². The zero-order valence-electron chi connectivity index (χ0n) is 10.8. The van der Waals surface area contributed by atoms with Crippen LogP contribution in [0.15, 0.2) is 24.5 Å². The Balaban J connectivity index is 1.71. The second-order valence-electron chi connectivity index (χ2n) is 5.38. The van der Waals surface area contributed by atoms with E-state index in [1.54, 1.807) is 0 Å². The van der Waals surface area contributed by atoms with E-state index in [2.05, 4.69) is 21.4 Å². The molecule has 4 rings (SSSR count). The van der Waals surface area contributed by atoms with Crippen LogP contribution in [0.2, 0.25) is 0 Å². The molecule has 0 aromatic carbocycles. The van der Waals surface area contributed by atoms with Crippen molar-refractivity contribution in [2.45, 2.75) is 37.6 Å². The van der Waals surface area contributed by atoms with E-state index < -0.39 is 0 Å². The number of aromatic nitrogens is 4. The molecule has 0 saturated heterocycles. The van der Waals surface area contributed by atoms with Crippen LogP contribution in [0, 0.1) is 0 Å². The van der Waals surface area contributed by atoms with Crippen LogP contribution in [0.3, 0.4) is 0 Å². The Morgan fingerprint density at radius 1 is 1.26 bits per heavy atom. The van der Waals surface area contributed by atoms with E-state index in [1.807, 2.05) is 23.1 Å². The molecule has 3 heterocycles. The standard InChI is InChI=1S/C14H17N5/c1-3-10(4-1)13-17-14-16-8-6-12(19(14)18-13)11-5-2-7-15-9-11/h2,5,7,9-10,12H,1,3-4,6,8H2,(H,16,17,18). The van der Waals surface area contributed by atoms with Crippen molar-refractivity contribution in [3.8, 4) is 0 Å².